The maximum absolute atomic E-state index is 13.5. The highest BCUT2D eigenvalue weighted by Crippen LogP contribution is 2.51. The lowest BCUT2D eigenvalue weighted by Crippen LogP contribution is -2.63. The zero-order valence-corrected chi connectivity index (χ0v) is 20.5. The van der Waals surface area contributed by atoms with Crippen molar-refractivity contribution in [2.24, 2.45) is 5.41 Å². The maximum atomic E-state index is 13.5. The third kappa shape index (κ3) is 5.00. The smallest absolute Gasteiger partial charge is 0.317 e. The van der Waals surface area contributed by atoms with Gasteiger partial charge in [0.25, 0.3) is 5.56 Å². The Morgan fingerprint density at radius 3 is 2.49 bits per heavy atom. The van der Waals surface area contributed by atoms with E-state index < -0.39 is 22.7 Å². The SMILES string of the molecule is O=C(NCc1ccc(F)c(F)c1)N1CC[C@@](O)(Cn2cnc(-c3ccccc3)cc2=O)C2(CCCC2)C1. The van der Waals surface area contributed by atoms with Gasteiger partial charge in [-0.3, -0.25) is 9.36 Å². The second-order valence-electron chi connectivity index (χ2n) is 10.2. The Morgan fingerprint density at radius 2 is 1.78 bits per heavy atom. The molecular weight excluding hydrogens is 478 g/mol. The molecule has 2 amide bonds. The molecule has 0 radical (unpaired) electrons. The van der Waals surface area contributed by atoms with Gasteiger partial charge in [-0.25, -0.2) is 18.6 Å². The zero-order chi connectivity index (χ0) is 26.0. The van der Waals surface area contributed by atoms with Crippen LogP contribution in [0, 0.1) is 17.0 Å². The van der Waals surface area contributed by atoms with Crippen molar-refractivity contribution in [1.29, 1.82) is 0 Å². The predicted molar refractivity (Wildman–Crippen MR) is 135 cm³/mol. The molecule has 2 aliphatic rings. The fourth-order valence-electron chi connectivity index (χ4n) is 5.80. The van der Waals surface area contributed by atoms with Crippen molar-refractivity contribution in [2.75, 3.05) is 13.1 Å². The van der Waals surface area contributed by atoms with Gasteiger partial charge in [0.1, 0.15) is 0 Å². The molecule has 2 N–H and O–H groups in total. The molecule has 3 aromatic rings. The number of urea groups is 1. The van der Waals surface area contributed by atoms with E-state index in [-0.39, 0.29) is 24.7 Å². The first-order chi connectivity index (χ1) is 17.8. The first-order valence-corrected chi connectivity index (χ1v) is 12.6. The summed E-state index contributed by atoms with van der Waals surface area (Å²) in [4.78, 5) is 32.1. The first-order valence-electron chi connectivity index (χ1n) is 12.6. The zero-order valence-electron chi connectivity index (χ0n) is 20.5. The van der Waals surface area contributed by atoms with Gasteiger partial charge in [0.2, 0.25) is 0 Å². The van der Waals surface area contributed by atoms with E-state index in [1.165, 1.54) is 23.0 Å². The van der Waals surface area contributed by atoms with E-state index >= 15 is 0 Å². The normalized spacial score (nSPS) is 20.8. The number of amides is 2. The highest BCUT2D eigenvalue weighted by molar-refractivity contribution is 5.74. The molecule has 2 aromatic carbocycles. The summed E-state index contributed by atoms with van der Waals surface area (Å²) in [6, 6.07) is 14.2. The Kier molecular flexibility index (Phi) is 6.81. The molecule has 1 aromatic heterocycles. The van der Waals surface area contributed by atoms with E-state index in [9.17, 15) is 23.5 Å². The average molecular weight is 509 g/mol. The largest absolute Gasteiger partial charge is 0.387 e. The molecule has 2 fully saturated rings. The van der Waals surface area contributed by atoms with Gasteiger partial charge in [-0.15, -0.1) is 0 Å². The molecule has 1 spiro atoms. The van der Waals surface area contributed by atoms with Crippen LogP contribution < -0.4 is 10.9 Å². The molecule has 2 heterocycles. The summed E-state index contributed by atoms with van der Waals surface area (Å²) in [6.07, 6.45) is 5.19. The summed E-state index contributed by atoms with van der Waals surface area (Å²) < 4.78 is 28.2. The topological polar surface area (TPSA) is 87.5 Å². The molecule has 37 heavy (non-hydrogen) atoms. The molecule has 1 saturated carbocycles. The molecule has 1 atom stereocenters. The van der Waals surface area contributed by atoms with Crippen LogP contribution in [0.1, 0.15) is 37.7 Å². The Morgan fingerprint density at radius 1 is 1.03 bits per heavy atom. The number of carbonyl (C=O) groups excluding carboxylic acids is 1. The second-order valence-corrected chi connectivity index (χ2v) is 10.2. The van der Waals surface area contributed by atoms with E-state index in [1.807, 2.05) is 30.3 Å². The van der Waals surface area contributed by atoms with Gasteiger partial charge in [-0.2, -0.15) is 0 Å². The van der Waals surface area contributed by atoms with Gasteiger partial charge < -0.3 is 15.3 Å². The van der Waals surface area contributed by atoms with Crippen molar-refractivity contribution < 1.29 is 18.7 Å². The number of nitrogens with one attached hydrogen (secondary N) is 1. The number of nitrogens with zero attached hydrogens (tertiary/aromatic N) is 3. The summed E-state index contributed by atoms with van der Waals surface area (Å²) in [7, 11) is 0. The van der Waals surface area contributed by atoms with Crippen LogP contribution >= 0.6 is 0 Å². The third-order valence-corrected chi connectivity index (χ3v) is 7.93. The number of aromatic nitrogens is 2. The third-order valence-electron chi connectivity index (χ3n) is 7.93. The number of carbonyl (C=O) groups is 1. The van der Waals surface area contributed by atoms with Gasteiger partial charge >= 0.3 is 6.03 Å². The highest BCUT2D eigenvalue weighted by Gasteiger charge is 2.55. The molecule has 1 aliphatic carbocycles. The van der Waals surface area contributed by atoms with Gasteiger partial charge in [0.05, 0.1) is 24.2 Å². The number of hydrogen-bond acceptors (Lipinski definition) is 4. The van der Waals surface area contributed by atoms with Crippen molar-refractivity contribution in [3.8, 4) is 11.3 Å². The average Bonchev–Trinajstić information content (AvgIpc) is 3.38. The highest BCUT2D eigenvalue weighted by atomic mass is 19.2. The minimum Gasteiger partial charge on any atom is -0.387 e. The maximum Gasteiger partial charge on any atom is 0.317 e. The van der Waals surface area contributed by atoms with Crippen LogP contribution in [0.25, 0.3) is 11.3 Å². The Hall–Kier alpha value is -3.59. The number of piperidine rings is 1. The van der Waals surface area contributed by atoms with Gasteiger partial charge in [-0.05, 0) is 37.0 Å². The van der Waals surface area contributed by atoms with Crippen molar-refractivity contribution in [1.82, 2.24) is 19.8 Å². The molecule has 9 heteroatoms. The summed E-state index contributed by atoms with van der Waals surface area (Å²) in [5.41, 5.74) is -0.0518. The number of halogens is 2. The lowest BCUT2D eigenvalue weighted by Gasteiger charge is -2.52. The number of aliphatic hydroxyl groups is 1. The predicted octanol–water partition coefficient (Wildman–Crippen LogP) is 4.10. The van der Waals surface area contributed by atoms with E-state index in [1.54, 1.807) is 4.90 Å². The van der Waals surface area contributed by atoms with Crippen LogP contribution in [0.2, 0.25) is 0 Å². The van der Waals surface area contributed by atoms with Crippen LogP contribution in [-0.4, -0.2) is 44.3 Å². The number of benzene rings is 2. The summed E-state index contributed by atoms with van der Waals surface area (Å²) >= 11 is 0. The van der Waals surface area contributed by atoms with E-state index in [0.717, 1.165) is 43.4 Å². The van der Waals surface area contributed by atoms with Gasteiger partial charge in [-0.1, -0.05) is 49.2 Å². The molecule has 0 unspecified atom stereocenters. The van der Waals surface area contributed by atoms with Crippen LogP contribution in [0.4, 0.5) is 13.6 Å². The molecule has 194 valence electrons. The van der Waals surface area contributed by atoms with E-state index in [4.69, 9.17) is 0 Å². The Labute approximate surface area is 213 Å². The van der Waals surface area contributed by atoms with Gasteiger partial charge in [0.15, 0.2) is 11.6 Å². The number of likely N-dealkylation sites (tertiary alicyclic amines) is 1. The quantitative estimate of drug-likeness (QED) is 0.544. The number of rotatable bonds is 5. The van der Waals surface area contributed by atoms with Crippen LogP contribution in [0.3, 0.4) is 0 Å². The summed E-state index contributed by atoms with van der Waals surface area (Å²) in [5, 5.41) is 14.7. The molecule has 1 saturated heterocycles. The van der Waals surface area contributed by atoms with Gasteiger partial charge in [0, 0.05) is 36.7 Å². The van der Waals surface area contributed by atoms with Crippen molar-refractivity contribution in [3.63, 3.8) is 0 Å². The monoisotopic (exact) mass is 508 g/mol. The molecule has 1 aliphatic heterocycles. The molecular formula is C28H30F2N4O3. The second kappa shape index (κ2) is 10.0. The first kappa shape index (κ1) is 25.1. The lowest BCUT2D eigenvalue weighted by molar-refractivity contribution is -0.135. The molecule has 0 bridgehead atoms. The van der Waals surface area contributed by atoms with Crippen LogP contribution in [0.15, 0.2) is 65.7 Å². The lowest BCUT2D eigenvalue weighted by atomic mass is 9.66. The van der Waals surface area contributed by atoms with E-state index in [0.29, 0.717) is 30.8 Å². The van der Waals surface area contributed by atoms with Crippen molar-refractivity contribution in [2.45, 2.75) is 50.8 Å². The van der Waals surface area contributed by atoms with E-state index in [2.05, 4.69) is 10.3 Å². The minimum absolute atomic E-state index is 0.0681. The minimum atomic E-state index is -1.17. The van der Waals surface area contributed by atoms with Crippen molar-refractivity contribution in [3.05, 3.63) is 88.5 Å². The Bertz CT molecular complexity index is 1340. The fraction of sp³-hybridized carbons (Fsp3) is 0.393. The van der Waals surface area contributed by atoms with Crippen LogP contribution in [-0.2, 0) is 13.1 Å². The van der Waals surface area contributed by atoms with Crippen molar-refractivity contribution >= 4 is 6.03 Å². The Balaban J connectivity index is 1.30. The summed E-state index contributed by atoms with van der Waals surface area (Å²) in [5.74, 6) is -1.89. The molecule has 7 nitrogen and oxygen atoms in total. The summed E-state index contributed by atoms with van der Waals surface area (Å²) in [6.45, 7) is 0.848. The van der Waals surface area contributed by atoms with Crippen LogP contribution in [0.5, 0.6) is 0 Å². The number of hydrogen-bond donors (Lipinski definition) is 2. The fourth-order valence-corrected chi connectivity index (χ4v) is 5.80. The standard InChI is InChI=1S/C28H30F2N4O3/c29-22-9-8-20(14-23(22)30)16-31-26(36)33-13-12-28(37,27(17-33)10-4-5-11-27)18-34-19-32-24(15-25(34)35)21-6-2-1-3-7-21/h1-3,6-9,14-15,19,37H,4-5,10-13,16-18H2,(H,31,36)/t28-/m1/s1. The molecule has 5 rings (SSSR count).